The van der Waals surface area contributed by atoms with Gasteiger partial charge in [-0.2, -0.15) is 0 Å². The molecule has 2 unspecified atom stereocenters. The van der Waals surface area contributed by atoms with Gasteiger partial charge in [0.05, 0.1) is 13.0 Å². The number of nitrogens with one attached hydrogen (secondary N) is 1. The molecule has 1 aliphatic carbocycles. The van der Waals surface area contributed by atoms with Crippen molar-refractivity contribution in [2.75, 3.05) is 7.11 Å². The van der Waals surface area contributed by atoms with Gasteiger partial charge in [-0.1, -0.05) is 37.8 Å². The number of methoxy groups -OCH3 is 1. The third-order valence-corrected chi connectivity index (χ3v) is 4.81. The Kier molecular flexibility index (Phi) is 7.22. The molecule has 138 valence electrons. The van der Waals surface area contributed by atoms with Crippen LogP contribution in [0.3, 0.4) is 0 Å². The second kappa shape index (κ2) is 9.39. The first-order chi connectivity index (χ1) is 12.0. The molecular formula is C19H26FNO4. The van der Waals surface area contributed by atoms with Crippen LogP contribution >= 0.6 is 0 Å². The summed E-state index contributed by atoms with van der Waals surface area (Å²) in [7, 11) is 1.40. The summed E-state index contributed by atoms with van der Waals surface area (Å²) in [5.74, 6) is -1.93. The van der Waals surface area contributed by atoms with Gasteiger partial charge in [0.1, 0.15) is 0 Å². The van der Waals surface area contributed by atoms with E-state index in [4.69, 9.17) is 4.74 Å². The second-order valence-corrected chi connectivity index (χ2v) is 6.54. The largest absolute Gasteiger partial charge is 0.494 e. The molecular weight excluding hydrogens is 325 g/mol. The topological polar surface area (TPSA) is 75.6 Å². The summed E-state index contributed by atoms with van der Waals surface area (Å²) >= 11 is 0. The van der Waals surface area contributed by atoms with Gasteiger partial charge >= 0.3 is 5.97 Å². The first-order valence-electron chi connectivity index (χ1n) is 8.86. The summed E-state index contributed by atoms with van der Waals surface area (Å²) in [6.07, 6.45) is 5.53. The molecule has 0 aromatic heterocycles. The number of carboxylic acid groups (broad SMARTS) is 1. The number of carboxylic acids is 1. The molecule has 0 aliphatic heterocycles. The lowest BCUT2D eigenvalue weighted by Crippen LogP contribution is -2.44. The fourth-order valence-electron chi connectivity index (χ4n) is 3.39. The molecule has 1 fully saturated rings. The number of amides is 1. The minimum Gasteiger partial charge on any atom is -0.494 e. The van der Waals surface area contributed by atoms with Gasteiger partial charge in [-0.25, -0.2) is 4.39 Å². The van der Waals surface area contributed by atoms with Crippen LogP contribution in [-0.2, 0) is 16.0 Å². The Morgan fingerprint density at radius 1 is 1.24 bits per heavy atom. The molecule has 1 aromatic rings. The predicted octanol–water partition coefficient (Wildman–Crippen LogP) is 3.31. The number of carbonyl (C=O) groups is 2. The maximum atomic E-state index is 14.1. The van der Waals surface area contributed by atoms with Gasteiger partial charge in [-0.15, -0.1) is 0 Å². The highest BCUT2D eigenvalue weighted by Crippen LogP contribution is 2.24. The molecule has 25 heavy (non-hydrogen) atoms. The van der Waals surface area contributed by atoms with Gasteiger partial charge in [0.25, 0.3) is 0 Å². The van der Waals surface area contributed by atoms with Gasteiger partial charge in [-0.3, -0.25) is 9.59 Å². The van der Waals surface area contributed by atoms with Crippen LogP contribution in [0.2, 0.25) is 0 Å². The smallest absolute Gasteiger partial charge is 0.308 e. The summed E-state index contributed by atoms with van der Waals surface area (Å²) in [6.45, 7) is 0. The summed E-state index contributed by atoms with van der Waals surface area (Å²) in [6, 6.07) is 4.50. The highest BCUT2D eigenvalue weighted by Gasteiger charge is 2.29. The van der Waals surface area contributed by atoms with Crippen molar-refractivity contribution in [3.8, 4) is 5.75 Å². The van der Waals surface area contributed by atoms with E-state index >= 15 is 0 Å². The number of hydrogen-bond donors (Lipinski definition) is 2. The highest BCUT2D eigenvalue weighted by atomic mass is 19.1. The molecule has 1 saturated carbocycles. The number of aliphatic carboxylic acids is 1. The lowest BCUT2D eigenvalue weighted by molar-refractivity contribution is -0.143. The number of halogens is 1. The Bertz CT molecular complexity index is 605. The number of aryl methyl sites for hydroxylation is 1. The fourth-order valence-corrected chi connectivity index (χ4v) is 3.39. The van der Waals surface area contributed by atoms with Crippen LogP contribution < -0.4 is 10.1 Å². The van der Waals surface area contributed by atoms with E-state index in [2.05, 4.69) is 5.32 Å². The molecule has 2 N–H and O–H groups in total. The maximum absolute atomic E-state index is 14.1. The number of benzene rings is 1. The third kappa shape index (κ3) is 5.44. The van der Waals surface area contributed by atoms with Gasteiger partial charge in [0.2, 0.25) is 5.91 Å². The minimum atomic E-state index is -0.856. The van der Waals surface area contributed by atoms with Crippen molar-refractivity contribution in [1.82, 2.24) is 5.32 Å². The van der Waals surface area contributed by atoms with Gasteiger partial charge in [-0.05, 0) is 30.9 Å². The van der Waals surface area contributed by atoms with Crippen molar-refractivity contribution in [2.24, 2.45) is 5.92 Å². The Morgan fingerprint density at radius 2 is 1.96 bits per heavy atom. The SMILES string of the molecule is COc1cccc(CCC(=O)NC2CCCCCCC2C(=O)O)c1F. The zero-order chi connectivity index (χ0) is 18.2. The number of hydrogen-bond acceptors (Lipinski definition) is 3. The van der Waals surface area contributed by atoms with Crippen LogP contribution in [0.4, 0.5) is 4.39 Å². The number of ether oxygens (including phenoxy) is 1. The van der Waals surface area contributed by atoms with E-state index in [0.29, 0.717) is 18.4 Å². The maximum Gasteiger partial charge on any atom is 0.308 e. The summed E-state index contributed by atoms with van der Waals surface area (Å²) < 4.78 is 19.1. The standard InChI is InChI=1S/C19H26FNO4/c1-25-16-10-6-7-13(18(16)20)11-12-17(22)21-15-9-5-3-2-4-8-14(15)19(23)24/h6-7,10,14-15H,2-5,8-9,11-12H2,1H3,(H,21,22)(H,23,24). The highest BCUT2D eigenvalue weighted by molar-refractivity contribution is 5.78. The molecule has 1 aliphatic rings. The molecule has 2 rings (SSSR count). The van der Waals surface area contributed by atoms with Crippen molar-refractivity contribution in [2.45, 2.75) is 57.4 Å². The van der Waals surface area contributed by atoms with E-state index in [9.17, 15) is 19.1 Å². The lowest BCUT2D eigenvalue weighted by Gasteiger charge is -2.27. The van der Waals surface area contributed by atoms with E-state index in [1.54, 1.807) is 12.1 Å². The van der Waals surface area contributed by atoms with Crippen molar-refractivity contribution in [3.05, 3.63) is 29.6 Å². The Morgan fingerprint density at radius 3 is 2.64 bits per heavy atom. The van der Waals surface area contributed by atoms with E-state index in [1.807, 2.05) is 0 Å². The third-order valence-electron chi connectivity index (χ3n) is 4.81. The van der Waals surface area contributed by atoms with Crippen LogP contribution in [-0.4, -0.2) is 30.1 Å². The molecule has 0 saturated heterocycles. The quantitative estimate of drug-likeness (QED) is 0.824. The molecule has 0 heterocycles. The average molecular weight is 351 g/mol. The monoisotopic (exact) mass is 351 g/mol. The molecule has 0 radical (unpaired) electrons. The predicted molar refractivity (Wildman–Crippen MR) is 92.0 cm³/mol. The van der Waals surface area contributed by atoms with Crippen molar-refractivity contribution < 1.29 is 23.8 Å². The van der Waals surface area contributed by atoms with E-state index in [0.717, 1.165) is 25.7 Å². The van der Waals surface area contributed by atoms with E-state index < -0.39 is 17.7 Å². The summed E-state index contributed by atoms with van der Waals surface area (Å²) in [4.78, 5) is 23.8. The molecule has 0 spiro atoms. The van der Waals surface area contributed by atoms with Crippen molar-refractivity contribution >= 4 is 11.9 Å². The zero-order valence-corrected chi connectivity index (χ0v) is 14.6. The number of carbonyl (C=O) groups excluding carboxylic acids is 1. The van der Waals surface area contributed by atoms with Gasteiger partial charge in [0, 0.05) is 12.5 Å². The lowest BCUT2D eigenvalue weighted by atomic mass is 9.86. The van der Waals surface area contributed by atoms with Crippen molar-refractivity contribution in [3.63, 3.8) is 0 Å². The fraction of sp³-hybridized carbons (Fsp3) is 0.579. The Labute approximate surface area is 147 Å². The summed E-state index contributed by atoms with van der Waals surface area (Å²) in [5.41, 5.74) is 0.418. The second-order valence-electron chi connectivity index (χ2n) is 6.54. The van der Waals surface area contributed by atoms with Crippen molar-refractivity contribution in [1.29, 1.82) is 0 Å². The normalized spacial score (nSPS) is 21.0. The molecule has 6 heteroatoms. The average Bonchev–Trinajstić information content (AvgIpc) is 2.56. The molecule has 0 bridgehead atoms. The van der Waals surface area contributed by atoms with E-state index in [-0.39, 0.29) is 30.5 Å². The van der Waals surface area contributed by atoms with Crippen LogP contribution in [0, 0.1) is 11.7 Å². The van der Waals surface area contributed by atoms with Crippen LogP contribution in [0.1, 0.15) is 50.5 Å². The molecule has 5 nitrogen and oxygen atoms in total. The van der Waals surface area contributed by atoms with Gasteiger partial charge < -0.3 is 15.2 Å². The Hall–Kier alpha value is -2.11. The number of rotatable bonds is 6. The minimum absolute atomic E-state index is 0.118. The molecule has 1 aromatic carbocycles. The Balaban J connectivity index is 1.94. The van der Waals surface area contributed by atoms with Gasteiger partial charge in [0.15, 0.2) is 11.6 Å². The van der Waals surface area contributed by atoms with Crippen LogP contribution in [0.25, 0.3) is 0 Å². The first kappa shape index (κ1) is 19.2. The first-order valence-corrected chi connectivity index (χ1v) is 8.86. The molecule has 1 amide bonds. The zero-order valence-electron chi connectivity index (χ0n) is 14.6. The van der Waals surface area contributed by atoms with E-state index in [1.165, 1.54) is 13.2 Å². The van der Waals surface area contributed by atoms with Crippen LogP contribution in [0.15, 0.2) is 18.2 Å². The molecule has 2 atom stereocenters. The van der Waals surface area contributed by atoms with Crippen LogP contribution in [0.5, 0.6) is 5.75 Å². The summed E-state index contributed by atoms with van der Waals surface area (Å²) in [5, 5.41) is 12.3.